The van der Waals surface area contributed by atoms with Crippen molar-refractivity contribution in [1.82, 2.24) is 25.0 Å². The fraction of sp³-hybridized carbons (Fsp3) is 0.348. The minimum atomic E-state index is -0.713. The molecule has 9 nitrogen and oxygen atoms in total. The lowest BCUT2D eigenvalue weighted by Crippen LogP contribution is -2.53. The standard InChI is InChI=1S/C23H22ClFN6O3/c24-16-3-1-2-13(19(16)25)9-28-23(34)21-12-4-5-14(8-12)31(21)18(32)11-30-17-6-7-27-10-15(17)20(29-30)22(26)33/h1-3,6-7,10,12,14,21H,4-5,8-9,11H2,(H2,26,33)(H,28,34)/t12?,14-,21+/m1/s1. The zero-order valence-corrected chi connectivity index (χ0v) is 18.8. The Morgan fingerprint density at radius 1 is 1.24 bits per heavy atom. The number of rotatable bonds is 6. The zero-order valence-electron chi connectivity index (χ0n) is 18.1. The molecular formula is C23H22ClFN6O3. The number of halogens is 2. The summed E-state index contributed by atoms with van der Waals surface area (Å²) in [5, 5.41) is 7.44. The van der Waals surface area contributed by atoms with Crippen molar-refractivity contribution in [2.45, 2.75) is 44.4 Å². The maximum atomic E-state index is 14.2. The summed E-state index contributed by atoms with van der Waals surface area (Å²) in [5.74, 6) is -1.85. The molecule has 34 heavy (non-hydrogen) atoms. The molecular weight excluding hydrogens is 463 g/mol. The van der Waals surface area contributed by atoms with Gasteiger partial charge in [-0.25, -0.2) is 4.39 Å². The summed E-state index contributed by atoms with van der Waals surface area (Å²) in [6, 6.07) is 5.57. The van der Waals surface area contributed by atoms with Crippen molar-refractivity contribution < 1.29 is 18.8 Å². The maximum absolute atomic E-state index is 14.2. The second-order valence-electron chi connectivity index (χ2n) is 8.67. The SMILES string of the molecule is NC(=O)c1nn(CC(=O)N2[C@@H]3CCC(C3)[C@H]2C(=O)NCc2cccc(Cl)c2F)c2ccncc12. The molecule has 2 bridgehead atoms. The monoisotopic (exact) mass is 484 g/mol. The average Bonchev–Trinajstić information content (AvgIpc) is 3.53. The summed E-state index contributed by atoms with van der Waals surface area (Å²) in [6.45, 7) is -0.177. The van der Waals surface area contributed by atoms with E-state index in [9.17, 15) is 18.8 Å². The summed E-state index contributed by atoms with van der Waals surface area (Å²) in [5.41, 5.74) is 6.30. The van der Waals surface area contributed by atoms with Crippen molar-refractivity contribution >= 4 is 40.2 Å². The fourth-order valence-electron chi connectivity index (χ4n) is 5.19. The van der Waals surface area contributed by atoms with Crippen LogP contribution in [0.5, 0.6) is 0 Å². The van der Waals surface area contributed by atoms with E-state index < -0.39 is 17.8 Å². The van der Waals surface area contributed by atoms with E-state index in [0.29, 0.717) is 10.9 Å². The number of carbonyl (C=O) groups is 3. The highest BCUT2D eigenvalue weighted by molar-refractivity contribution is 6.30. The first-order valence-corrected chi connectivity index (χ1v) is 11.3. The van der Waals surface area contributed by atoms with Crippen LogP contribution in [0.25, 0.3) is 10.9 Å². The number of benzene rings is 1. The molecule has 3 heterocycles. The van der Waals surface area contributed by atoms with Crippen LogP contribution in [0.15, 0.2) is 36.7 Å². The number of primary amides is 1. The van der Waals surface area contributed by atoms with E-state index in [4.69, 9.17) is 17.3 Å². The van der Waals surface area contributed by atoms with Gasteiger partial charge in [0.1, 0.15) is 18.4 Å². The van der Waals surface area contributed by atoms with Crippen molar-refractivity contribution in [2.75, 3.05) is 0 Å². The lowest BCUT2D eigenvalue weighted by atomic mass is 9.97. The van der Waals surface area contributed by atoms with Crippen LogP contribution in [0.3, 0.4) is 0 Å². The number of hydrogen-bond acceptors (Lipinski definition) is 5. The highest BCUT2D eigenvalue weighted by Crippen LogP contribution is 2.42. The Labute approximate surface area is 199 Å². The first-order chi connectivity index (χ1) is 16.3. The van der Waals surface area contributed by atoms with Gasteiger partial charge in [-0.05, 0) is 37.3 Å². The number of nitrogens with one attached hydrogen (secondary N) is 1. The maximum Gasteiger partial charge on any atom is 0.269 e. The number of amides is 3. The molecule has 1 aromatic carbocycles. The van der Waals surface area contributed by atoms with Crippen LogP contribution in [-0.2, 0) is 22.7 Å². The van der Waals surface area contributed by atoms with Gasteiger partial charge < -0.3 is 16.0 Å². The van der Waals surface area contributed by atoms with E-state index >= 15 is 0 Å². The van der Waals surface area contributed by atoms with E-state index in [0.717, 1.165) is 19.3 Å². The third-order valence-electron chi connectivity index (χ3n) is 6.70. The number of hydrogen-bond donors (Lipinski definition) is 2. The number of nitrogens with two attached hydrogens (primary N) is 1. The Kier molecular flexibility index (Phi) is 5.68. The highest BCUT2D eigenvalue weighted by Gasteiger charge is 2.51. The topological polar surface area (TPSA) is 123 Å². The molecule has 1 aliphatic carbocycles. The number of likely N-dealkylation sites (tertiary alicyclic amines) is 1. The van der Waals surface area contributed by atoms with Gasteiger partial charge in [0.15, 0.2) is 5.69 Å². The van der Waals surface area contributed by atoms with Crippen LogP contribution in [0.2, 0.25) is 5.02 Å². The van der Waals surface area contributed by atoms with Gasteiger partial charge in [-0.3, -0.25) is 24.0 Å². The molecule has 2 aromatic heterocycles. The molecule has 3 amide bonds. The molecule has 1 saturated carbocycles. The van der Waals surface area contributed by atoms with Crippen molar-refractivity contribution in [3.8, 4) is 0 Å². The third-order valence-corrected chi connectivity index (χ3v) is 6.99. The van der Waals surface area contributed by atoms with Gasteiger partial charge in [0.2, 0.25) is 11.8 Å². The molecule has 2 aliphatic rings. The Bertz CT molecular complexity index is 1310. The third kappa shape index (κ3) is 3.77. The molecule has 1 unspecified atom stereocenters. The molecule has 3 atom stereocenters. The highest BCUT2D eigenvalue weighted by atomic mass is 35.5. The molecule has 3 aromatic rings. The molecule has 1 aliphatic heterocycles. The van der Waals surface area contributed by atoms with Crippen LogP contribution in [0.4, 0.5) is 4.39 Å². The molecule has 0 spiro atoms. The molecule has 176 valence electrons. The van der Waals surface area contributed by atoms with Crippen molar-refractivity contribution in [2.24, 2.45) is 11.7 Å². The first kappa shape index (κ1) is 22.3. The lowest BCUT2D eigenvalue weighted by molar-refractivity contribution is -0.143. The number of nitrogens with zero attached hydrogens (tertiary/aromatic N) is 4. The van der Waals surface area contributed by atoms with E-state index in [1.807, 2.05) is 0 Å². The minimum Gasteiger partial charge on any atom is -0.364 e. The van der Waals surface area contributed by atoms with Gasteiger partial charge in [-0.1, -0.05) is 23.7 Å². The van der Waals surface area contributed by atoms with Crippen molar-refractivity contribution in [1.29, 1.82) is 0 Å². The normalized spacial score (nSPS) is 21.2. The second-order valence-corrected chi connectivity index (χ2v) is 9.07. The summed E-state index contributed by atoms with van der Waals surface area (Å²) in [6.07, 6.45) is 5.43. The van der Waals surface area contributed by atoms with Crippen LogP contribution >= 0.6 is 11.6 Å². The van der Waals surface area contributed by atoms with E-state index in [1.54, 1.807) is 29.3 Å². The van der Waals surface area contributed by atoms with Gasteiger partial charge in [-0.2, -0.15) is 5.10 Å². The number of carbonyl (C=O) groups excluding carboxylic acids is 3. The van der Waals surface area contributed by atoms with Crippen LogP contribution in [0, 0.1) is 11.7 Å². The van der Waals surface area contributed by atoms with Crippen LogP contribution in [0.1, 0.15) is 35.3 Å². The minimum absolute atomic E-state index is 0.0135. The van der Waals surface area contributed by atoms with Gasteiger partial charge in [0.25, 0.3) is 5.91 Å². The number of fused-ring (bicyclic) bond motifs is 3. The number of piperidine rings is 1. The molecule has 2 fully saturated rings. The average molecular weight is 485 g/mol. The molecule has 1 saturated heterocycles. The Morgan fingerprint density at radius 2 is 2.06 bits per heavy atom. The smallest absolute Gasteiger partial charge is 0.269 e. The Morgan fingerprint density at radius 3 is 2.85 bits per heavy atom. The quantitative estimate of drug-likeness (QED) is 0.554. The summed E-state index contributed by atoms with van der Waals surface area (Å²) in [4.78, 5) is 43.9. The van der Waals surface area contributed by atoms with Gasteiger partial charge in [0, 0.05) is 30.5 Å². The predicted molar refractivity (Wildman–Crippen MR) is 121 cm³/mol. The molecule has 0 radical (unpaired) electrons. The predicted octanol–water partition coefficient (Wildman–Crippen LogP) is 2.02. The van der Waals surface area contributed by atoms with Crippen molar-refractivity contribution in [3.05, 3.63) is 58.8 Å². The zero-order chi connectivity index (χ0) is 24.0. The lowest BCUT2D eigenvalue weighted by Gasteiger charge is -2.34. The second kappa shape index (κ2) is 8.68. The van der Waals surface area contributed by atoms with Crippen LogP contribution < -0.4 is 11.1 Å². The summed E-state index contributed by atoms with van der Waals surface area (Å²) >= 11 is 5.83. The van der Waals surface area contributed by atoms with Gasteiger partial charge in [-0.15, -0.1) is 0 Å². The molecule has 11 heteroatoms. The molecule has 3 N–H and O–H groups in total. The number of aromatic nitrogens is 3. The van der Waals surface area contributed by atoms with Gasteiger partial charge in [0.05, 0.1) is 15.9 Å². The number of pyridine rings is 1. The Balaban J connectivity index is 1.36. The molecule has 5 rings (SSSR count). The summed E-state index contributed by atoms with van der Waals surface area (Å²) < 4.78 is 15.6. The first-order valence-electron chi connectivity index (χ1n) is 11.0. The van der Waals surface area contributed by atoms with Gasteiger partial charge >= 0.3 is 0 Å². The van der Waals surface area contributed by atoms with Crippen molar-refractivity contribution in [3.63, 3.8) is 0 Å². The van der Waals surface area contributed by atoms with E-state index in [1.165, 1.54) is 16.9 Å². The van der Waals surface area contributed by atoms with E-state index in [2.05, 4.69) is 15.4 Å². The van der Waals surface area contributed by atoms with Crippen LogP contribution in [-0.4, -0.2) is 49.5 Å². The largest absolute Gasteiger partial charge is 0.364 e. The Hall–Kier alpha value is -3.53. The summed E-state index contributed by atoms with van der Waals surface area (Å²) in [7, 11) is 0. The fourth-order valence-corrected chi connectivity index (χ4v) is 5.39. The van der Waals surface area contributed by atoms with E-state index in [-0.39, 0.29) is 53.1 Å².